The number of nitrogens with one attached hydrogen (secondary N) is 2. The van der Waals surface area contributed by atoms with E-state index in [1.165, 1.54) is 5.56 Å². The average Bonchev–Trinajstić information content (AvgIpc) is 2.93. The Morgan fingerprint density at radius 3 is 2.78 bits per heavy atom. The molecule has 96 valence electrons. The van der Waals surface area contributed by atoms with Gasteiger partial charge >= 0.3 is 0 Å². The average molecular weight is 245 g/mol. The van der Waals surface area contributed by atoms with Gasteiger partial charge in [-0.25, -0.2) is 4.98 Å². The summed E-state index contributed by atoms with van der Waals surface area (Å²) in [6.07, 6.45) is 5.29. The largest absolute Gasteiger partial charge is 0.396 e. The molecule has 1 unspecified atom stereocenters. The Bertz CT molecular complexity index is 428. The molecule has 0 fully saturated rings. The molecule has 3 N–H and O–H groups in total. The third kappa shape index (κ3) is 3.68. The molecule has 2 rings (SSSR count). The van der Waals surface area contributed by atoms with Crippen LogP contribution in [-0.4, -0.2) is 21.7 Å². The molecule has 1 heterocycles. The Labute approximate surface area is 107 Å². The summed E-state index contributed by atoms with van der Waals surface area (Å²) in [5.41, 5.74) is 1.25. The zero-order valence-corrected chi connectivity index (χ0v) is 10.3. The predicted molar refractivity (Wildman–Crippen MR) is 70.9 cm³/mol. The number of aliphatic hydroxyl groups excluding tert-OH is 1. The summed E-state index contributed by atoms with van der Waals surface area (Å²) in [6.45, 7) is 0.934. The van der Waals surface area contributed by atoms with Crippen LogP contribution in [0.3, 0.4) is 0 Å². The van der Waals surface area contributed by atoms with Crippen LogP contribution in [0.4, 0.5) is 0 Å². The molecule has 0 aliphatic rings. The molecule has 0 saturated carbocycles. The van der Waals surface area contributed by atoms with Crippen LogP contribution >= 0.6 is 0 Å². The third-order valence-corrected chi connectivity index (χ3v) is 2.92. The van der Waals surface area contributed by atoms with E-state index < -0.39 is 0 Å². The summed E-state index contributed by atoms with van der Waals surface area (Å²) >= 11 is 0. The Kier molecular flexibility index (Phi) is 4.93. The van der Waals surface area contributed by atoms with Crippen LogP contribution in [-0.2, 0) is 6.54 Å². The van der Waals surface area contributed by atoms with Crippen molar-refractivity contribution in [2.24, 2.45) is 0 Å². The minimum atomic E-state index is 0.228. The molecule has 0 saturated heterocycles. The summed E-state index contributed by atoms with van der Waals surface area (Å²) in [5, 5.41) is 12.4. The standard InChI is InChI=1S/C14H19N3O/c18-10-4-7-13(12-5-2-1-3-6-12)17-11-14-15-8-9-16-14/h1-3,5-6,8-9,13,17-18H,4,7,10-11H2,(H,15,16). The van der Waals surface area contributed by atoms with Gasteiger partial charge in [0, 0.05) is 25.0 Å². The van der Waals surface area contributed by atoms with Crippen LogP contribution in [0, 0.1) is 0 Å². The van der Waals surface area contributed by atoms with Gasteiger partial charge in [0.2, 0.25) is 0 Å². The maximum absolute atomic E-state index is 8.97. The molecule has 2 aromatic rings. The van der Waals surface area contributed by atoms with Crippen molar-refractivity contribution in [3.8, 4) is 0 Å². The fraction of sp³-hybridized carbons (Fsp3) is 0.357. The lowest BCUT2D eigenvalue weighted by molar-refractivity contribution is 0.274. The minimum absolute atomic E-state index is 0.228. The summed E-state index contributed by atoms with van der Waals surface area (Å²) in [6, 6.07) is 10.6. The summed E-state index contributed by atoms with van der Waals surface area (Å²) < 4.78 is 0. The number of aromatic amines is 1. The molecule has 0 amide bonds. The molecule has 0 spiro atoms. The van der Waals surface area contributed by atoms with E-state index in [2.05, 4.69) is 27.4 Å². The van der Waals surface area contributed by atoms with E-state index in [0.717, 1.165) is 18.7 Å². The number of nitrogens with zero attached hydrogens (tertiary/aromatic N) is 1. The molecule has 0 radical (unpaired) electrons. The molecule has 4 nitrogen and oxygen atoms in total. The van der Waals surface area contributed by atoms with E-state index in [4.69, 9.17) is 5.11 Å². The van der Waals surface area contributed by atoms with Crippen LogP contribution in [0.15, 0.2) is 42.7 Å². The van der Waals surface area contributed by atoms with Crippen LogP contribution in [0.25, 0.3) is 0 Å². The Balaban J connectivity index is 1.96. The number of aromatic nitrogens is 2. The first-order chi connectivity index (χ1) is 8.90. The predicted octanol–water partition coefficient (Wildman–Crippen LogP) is 2.01. The van der Waals surface area contributed by atoms with Gasteiger partial charge in [0.1, 0.15) is 5.82 Å². The topological polar surface area (TPSA) is 60.9 Å². The van der Waals surface area contributed by atoms with Crippen molar-refractivity contribution in [1.29, 1.82) is 0 Å². The number of rotatable bonds is 7. The first-order valence-corrected chi connectivity index (χ1v) is 6.27. The first-order valence-electron chi connectivity index (χ1n) is 6.27. The van der Waals surface area contributed by atoms with E-state index in [1.807, 2.05) is 24.4 Å². The maximum Gasteiger partial charge on any atom is 0.120 e. The lowest BCUT2D eigenvalue weighted by Gasteiger charge is -2.18. The summed E-state index contributed by atoms with van der Waals surface area (Å²) in [4.78, 5) is 7.27. The highest BCUT2D eigenvalue weighted by molar-refractivity contribution is 5.18. The zero-order chi connectivity index (χ0) is 12.6. The molecule has 1 aromatic heterocycles. The number of hydrogen-bond acceptors (Lipinski definition) is 3. The molecule has 0 aliphatic carbocycles. The number of benzene rings is 1. The molecular weight excluding hydrogens is 226 g/mol. The van der Waals surface area contributed by atoms with Gasteiger partial charge in [0.25, 0.3) is 0 Å². The monoisotopic (exact) mass is 245 g/mol. The second-order valence-corrected chi connectivity index (χ2v) is 4.25. The molecule has 0 aliphatic heterocycles. The summed E-state index contributed by atoms with van der Waals surface area (Å²) in [7, 11) is 0. The van der Waals surface area contributed by atoms with E-state index >= 15 is 0 Å². The van der Waals surface area contributed by atoms with Crippen molar-refractivity contribution in [3.63, 3.8) is 0 Å². The fourth-order valence-corrected chi connectivity index (χ4v) is 1.98. The number of H-pyrrole nitrogens is 1. The molecule has 1 aromatic carbocycles. The second-order valence-electron chi connectivity index (χ2n) is 4.25. The van der Waals surface area contributed by atoms with Crippen molar-refractivity contribution in [1.82, 2.24) is 15.3 Å². The Hall–Kier alpha value is -1.65. The van der Waals surface area contributed by atoms with Gasteiger partial charge in [-0.05, 0) is 18.4 Å². The molecule has 0 bridgehead atoms. The third-order valence-electron chi connectivity index (χ3n) is 2.92. The minimum Gasteiger partial charge on any atom is -0.396 e. The highest BCUT2D eigenvalue weighted by Gasteiger charge is 2.10. The van der Waals surface area contributed by atoms with Gasteiger partial charge in [-0.15, -0.1) is 0 Å². The quantitative estimate of drug-likeness (QED) is 0.699. The Morgan fingerprint density at radius 2 is 2.11 bits per heavy atom. The second kappa shape index (κ2) is 6.93. The maximum atomic E-state index is 8.97. The smallest absolute Gasteiger partial charge is 0.120 e. The highest BCUT2D eigenvalue weighted by Crippen LogP contribution is 2.18. The van der Waals surface area contributed by atoms with Crippen LogP contribution in [0.1, 0.15) is 30.3 Å². The van der Waals surface area contributed by atoms with Crippen LogP contribution < -0.4 is 5.32 Å². The van der Waals surface area contributed by atoms with Gasteiger partial charge in [0.15, 0.2) is 0 Å². The van der Waals surface area contributed by atoms with Crippen molar-refractivity contribution in [2.45, 2.75) is 25.4 Å². The number of imidazole rings is 1. The number of hydrogen-bond donors (Lipinski definition) is 3. The van der Waals surface area contributed by atoms with Gasteiger partial charge in [0.05, 0.1) is 6.54 Å². The van der Waals surface area contributed by atoms with Gasteiger partial charge in [-0.1, -0.05) is 30.3 Å². The molecular formula is C14H19N3O. The summed E-state index contributed by atoms with van der Waals surface area (Å²) in [5.74, 6) is 0.930. The van der Waals surface area contributed by atoms with Crippen molar-refractivity contribution in [2.75, 3.05) is 6.61 Å². The van der Waals surface area contributed by atoms with Crippen molar-refractivity contribution < 1.29 is 5.11 Å². The normalized spacial score (nSPS) is 12.5. The molecule has 18 heavy (non-hydrogen) atoms. The first kappa shape index (κ1) is 12.8. The molecule has 4 heteroatoms. The SMILES string of the molecule is OCCCC(NCc1ncc[nH]1)c1ccccc1. The van der Waals surface area contributed by atoms with E-state index in [1.54, 1.807) is 6.20 Å². The van der Waals surface area contributed by atoms with Gasteiger partial charge < -0.3 is 15.4 Å². The lowest BCUT2D eigenvalue weighted by atomic mass is 10.0. The van der Waals surface area contributed by atoms with Crippen molar-refractivity contribution >= 4 is 0 Å². The number of aliphatic hydroxyl groups is 1. The van der Waals surface area contributed by atoms with E-state index in [-0.39, 0.29) is 12.6 Å². The molecule has 1 atom stereocenters. The zero-order valence-electron chi connectivity index (χ0n) is 10.3. The van der Waals surface area contributed by atoms with Crippen molar-refractivity contribution in [3.05, 3.63) is 54.1 Å². The van der Waals surface area contributed by atoms with Crippen LogP contribution in [0.5, 0.6) is 0 Å². The Morgan fingerprint density at radius 1 is 1.28 bits per heavy atom. The van der Waals surface area contributed by atoms with Crippen LogP contribution in [0.2, 0.25) is 0 Å². The van der Waals surface area contributed by atoms with E-state index in [0.29, 0.717) is 6.54 Å². The van der Waals surface area contributed by atoms with E-state index in [9.17, 15) is 0 Å². The fourth-order valence-electron chi connectivity index (χ4n) is 1.98. The highest BCUT2D eigenvalue weighted by atomic mass is 16.2. The van der Waals surface area contributed by atoms with Gasteiger partial charge in [-0.3, -0.25) is 0 Å². The lowest BCUT2D eigenvalue weighted by Crippen LogP contribution is -2.21. The van der Waals surface area contributed by atoms with Gasteiger partial charge in [-0.2, -0.15) is 0 Å².